The quantitative estimate of drug-likeness (QED) is 0.0779. The number of hydrogen-bond donors (Lipinski definition) is 0. The minimum atomic E-state index is -0.996. The highest BCUT2D eigenvalue weighted by Gasteiger charge is 2.70. The van der Waals surface area contributed by atoms with Gasteiger partial charge in [-0.15, -0.1) is 0 Å². The van der Waals surface area contributed by atoms with Crippen molar-refractivity contribution in [2.24, 2.45) is 111 Å². The molecule has 10 aliphatic rings. The smallest absolute Gasteiger partial charge is 0.314 e. The van der Waals surface area contributed by atoms with Gasteiger partial charge >= 0.3 is 5.97 Å². The summed E-state index contributed by atoms with van der Waals surface area (Å²) in [5, 5.41) is 0. The van der Waals surface area contributed by atoms with Gasteiger partial charge in [-0.3, -0.25) is 4.79 Å². The lowest BCUT2D eigenvalue weighted by molar-refractivity contribution is -0.381. The zero-order valence-electron chi connectivity index (χ0n) is 59.4. The molecule has 0 aromatic carbocycles. The van der Waals surface area contributed by atoms with Crippen LogP contribution in [0.5, 0.6) is 0 Å². The molecule has 10 fully saturated rings. The molecule has 4 saturated carbocycles. The average molecular weight is 1240 g/mol. The molecular weight excluding hydrogens is 1110 g/mol. The summed E-state index contributed by atoms with van der Waals surface area (Å²) >= 11 is 0. The molecule has 10 rings (SSSR count). The fourth-order valence-electron chi connectivity index (χ4n) is 20.8. The first-order valence-electron chi connectivity index (χ1n) is 36.7. The Morgan fingerprint density at radius 2 is 0.818 bits per heavy atom. The Kier molecular flexibility index (Phi) is 21.4. The topological polar surface area (TPSA) is 128 Å². The second-order valence-electron chi connectivity index (χ2n) is 32.7. The molecule has 0 N–H and O–H groups in total. The van der Waals surface area contributed by atoms with Crippen LogP contribution < -0.4 is 0 Å². The van der Waals surface area contributed by atoms with Crippen molar-refractivity contribution in [2.75, 3.05) is 0 Å². The first kappa shape index (κ1) is 69.6. The molecule has 88 heavy (non-hydrogen) atoms. The highest BCUT2D eigenvalue weighted by atomic mass is 16.8. The summed E-state index contributed by atoms with van der Waals surface area (Å²) in [4.78, 5) is 15.9. The number of ether oxygens (including phenoxy) is 12. The van der Waals surface area contributed by atoms with Gasteiger partial charge in [0.15, 0.2) is 31.5 Å². The molecule has 6 aliphatic heterocycles. The number of hydrogen-bond acceptors (Lipinski definition) is 13. The van der Waals surface area contributed by atoms with E-state index in [-0.39, 0.29) is 107 Å². The second-order valence-corrected chi connectivity index (χ2v) is 32.7. The molecular formula is C75H128O13. The summed E-state index contributed by atoms with van der Waals surface area (Å²) in [6.45, 7) is 55.1. The highest BCUT2D eigenvalue weighted by molar-refractivity contribution is 5.77. The number of carbonyl (C=O) groups is 1. The van der Waals surface area contributed by atoms with Crippen LogP contribution in [-0.2, 0) is 61.6 Å². The molecule has 14 unspecified atom stereocenters. The van der Waals surface area contributed by atoms with E-state index < -0.39 is 60.8 Å². The summed E-state index contributed by atoms with van der Waals surface area (Å²) in [6, 6.07) is 0. The third-order valence-electron chi connectivity index (χ3n) is 28.5. The van der Waals surface area contributed by atoms with Crippen molar-refractivity contribution >= 4 is 5.97 Å². The molecule has 506 valence electrons. The molecule has 0 radical (unpaired) electrons. The fraction of sp³-hybridized carbons (Fsp3) is 0.960. The third kappa shape index (κ3) is 12.2. The van der Waals surface area contributed by atoms with Gasteiger partial charge in [0.1, 0.15) is 12.2 Å². The minimum Gasteiger partial charge on any atom is -0.432 e. The van der Waals surface area contributed by atoms with E-state index in [2.05, 4.69) is 152 Å². The Bertz CT molecular complexity index is 2350. The number of carbonyl (C=O) groups excluding carboxylic acids is 1. The largest absolute Gasteiger partial charge is 0.432 e. The fourth-order valence-corrected chi connectivity index (χ4v) is 20.8. The monoisotopic (exact) mass is 1240 g/mol. The van der Waals surface area contributed by atoms with Crippen LogP contribution >= 0.6 is 0 Å². The average Bonchev–Trinajstić information content (AvgIpc) is 0.951. The molecule has 0 aromatic rings. The van der Waals surface area contributed by atoms with Crippen LogP contribution in [0, 0.1) is 111 Å². The van der Waals surface area contributed by atoms with Crippen molar-refractivity contribution in [2.45, 2.75) is 347 Å². The molecule has 4 aliphatic carbocycles. The summed E-state index contributed by atoms with van der Waals surface area (Å²) in [7, 11) is 0. The summed E-state index contributed by atoms with van der Waals surface area (Å²) in [5.41, 5.74) is -0.357. The van der Waals surface area contributed by atoms with Gasteiger partial charge in [-0.1, -0.05) is 151 Å². The molecule has 6 heterocycles. The Balaban J connectivity index is 0.919. The second kappa shape index (κ2) is 27.1. The molecule has 2 bridgehead atoms. The van der Waals surface area contributed by atoms with Crippen LogP contribution in [0.25, 0.3) is 0 Å². The molecule has 13 nitrogen and oxygen atoms in total. The van der Waals surface area contributed by atoms with Crippen molar-refractivity contribution in [1.29, 1.82) is 0 Å². The lowest BCUT2D eigenvalue weighted by Crippen LogP contribution is -2.63. The first-order valence-corrected chi connectivity index (χ1v) is 36.7. The van der Waals surface area contributed by atoms with Gasteiger partial charge in [0.25, 0.3) is 0 Å². The van der Waals surface area contributed by atoms with Crippen molar-refractivity contribution < 1.29 is 61.6 Å². The number of esters is 1. The van der Waals surface area contributed by atoms with E-state index in [1.54, 1.807) is 0 Å². The van der Waals surface area contributed by atoms with Gasteiger partial charge in [0.2, 0.25) is 6.29 Å². The molecule has 0 aromatic heterocycles. The van der Waals surface area contributed by atoms with Gasteiger partial charge in [-0.05, 0) is 173 Å². The lowest BCUT2D eigenvalue weighted by Gasteiger charge is -2.64. The van der Waals surface area contributed by atoms with Crippen molar-refractivity contribution in [3.05, 3.63) is 12.2 Å². The minimum absolute atomic E-state index is 0.00823. The summed E-state index contributed by atoms with van der Waals surface area (Å²) in [6.07, 6.45) is 6.82. The normalized spacial score (nSPS) is 55.0. The van der Waals surface area contributed by atoms with Gasteiger partial charge in [0, 0.05) is 35.5 Å². The Morgan fingerprint density at radius 3 is 1.28 bits per heavy atom. The van der Waals surface area contributed by atoms with Gasteiger partial charge < -0.3 is 56.8 Å². The van der Waals surface area contributed by atoms with Gasteiger partial charge in [-0.25, -0.2) is 0 Å². The van der Waals surface area contributed by atoms with Crippen molar-refractivity contribution in [1.82, 2.24) is 0 Å². The van der Waals surface area contributed by atoms with Crippen molar-refractivity contribution in [3.8, 4) is 0 Å². The number of rotatable bonds is 17. The first-order chi connectivity index (χ1) is 41.6. The predicted molar refractivity (Wildman–Crippen MR) is 343 cm³/mol. The molecule has 0 amide bonds. The maximum Gasteiger partial charge on any atom is 0.314 e. The standard InChI is InChI=1S/C75H128O13/c1-24-54-44(12)40(8)48(16)66(78-54)83-61-51(19)57(27-4)81-69(63(61)85-68-50(18)42(10)46(14)56(26-3)80-68)87-71(76)73(23)33-29-32-72(22)59(73)30-34-74-36-38(6)75(37-74,35-31-60(72)74)88-70-64(86-65-47(15)39(7)43(11)53(21)77-65)62(52(20)58(28-5)82-70)84-67-49(17)41(9)45(13)55(25-2)79-67/h39-70H,6,24-37H2,1-5,7-23H3/t39-,40-,41-,42?,43+,44-,45-,46-,47?,48?,49?,50?,51+,52+,53?,54?,55?,56-,57?,58?,59?,60-,61-,62-,63?,64?,65-,66-,67-,68-,69-,70-,72+,73+,74+,75?/m0/s1. The molecule has 36 atom stereocenters. The van der Waals surface area contributed by atoms with E-state index in [0.717, 1.165) is 89.9 Å². The summed E-state index contributed by atoms with van der Waals surface area (Å²) in [5.74, 6) is 4.00. The van der Waals surface area contributed by atoms with Crippen LogP contribution in [0.1, 0.15) is 242 Å². The van der Waals surface area contributed by atoms with E-state index in [9.17, 15) is 0 Å². The Hall–Kier alpha value is -1.23. The third-order valence-corrected chi connectivity index (χ3v) is 28.5. The van der Waals surface area contributed by atoms with Crippen LogP contribution in [0.15, 0.2) is 12.2 Å². The number of fused-ring (bicyclic) bond motifs is 3. The van der Waals surface area contributed by atoms with Crippen LogP contribution in [-0.4, -0.2) is 110 Å². The zero-order chi connectivity index (χ0) is 64.0. The highest BCUT2D eigenvalue weighted by Crippen LogP contribution is 2.74. The predicted octanol–water partition coefficient (Wildman–Crippen LogP) is 16.5. The SMILES string of the molecule is C=C1C[C@@]23CCC4[C@](C)(C(=O)O[C@@H]5OC(CC)[C@@H](C)[C@H](O[C@@H]6OC(CC)[C@@H](C)[C@H](C)C6C)C5O[C@@H]5O[C@@H](CC)[C@@H](C)C(C)C5C)CCC[C@@]4(C)[C@@H]2CCC1(O[C@@H]1OC(CC)[C@@H](C)[C@H](O[C@@H]2OC(CC)[C@@H](C)[C@H](C)C2C)C1O[C@@H]1OC(C)[C@H](C)[C@H](C)C1C)C3. The van der Waals surface area contributed by atoms with E-state index in [4.69, 9.17) is 63.4 Å². The van der Waals surface area contributed by atoms with Crippen molar-refractivity contribution in [3.63, 3.8) is 0 Å². The van der Waals surface area contributed by atoms with E-state index >= 15 is 4.79 Å². The van der Waals surface area contributed by atoms with E-state index in [1.165, 1.54) is 5.57 Å². The maximum absolute atomic E-state index is 15.9. The van der Waals surface area contributed by atoms with Crippen LogP contribution in [0.3, 0.4) is 0 Å². The maximum atomic E-state index is 15.9. The van der Waals surface area contributed by atoms with Gasteiger partial charge in [-0.2, -0.15) is 0 Å². The van der Waals surface area contributed by atoms with Crippen LogP contribution in [0.4, 0.5) is 0 Å². The molecule has 6 saturated heterocycles. The van der Waals surface area contributed by atoms with Crippen LogP contribution in [0.2, 0.25) is 0 Å². The lowest BCUT2D eigenvalue weighted by atomic mass is 9.41. The summed E-state index contributed by atoms with van der Waals surface area (Å²) < 4.78 is 86.5. The zero-order valence-corrected chi connectivity index (χ0v) is 59.4. The molecule has 1 spiro atoms. The molecule has 13 heteroatoms. The van der Waals surface area contributed by atoms with E-state index in [0.29, 0.717) is 53.3 Å². The Labute approximate surface area is 535 Å². The van der Waals surface area contributed by atoms with E-state index in [1.807, 2.05) is 0 Å². The van der Waals surface area contributed by atoms with Gasteiger partial charge in [0.05, 0.1) is 59.8 Å². The Morgan fingerprint density at radius 1 is 0.432 bits per heavy atom.